The molecule has 386 valence electrons. The number of rotatable bonds is 11. The van der Waals surface area contributed by atoms with Gasteiger partial charge in [0.2, 0.25) is 0 Å². The molecule has 1 fully saturated rings. The maximum absolute atomic E-state index is 11.6. The second-order valence-corrected chi connectivity index (χ2v) is 22.0. The lowest BCUT2D eigenvalue weighted by Crippen LogP contribution is -2.45. The quantitative estimate of drug-likeness (QED) is 0.0732. The zero-order chi connectivity index (χ0) is 52.4. The molecule has 17 nitrogen and oxygen atoms in total. The topological polar surface area (TPSA) is 199 Å². The van der Waals surface area contributed by atoms with Gasteiger partial charge in [0.15, 0.2) is 0 Å². The molecule has 2 atom stereocenters. The molecule has 4 aliphatic heterocycles. The van der Waals surface area contributed by atoms with Crippen LogP contribution >= 0.6 is 0 Å². The van der Waals surface area contributed by atoms with E-state index in [2.05, 4.69) is 81.7 Å². The van der Waals surface area contributed by atoms with Gasteiger partial charge in [-0.25, -0.2) is 9.97 Å². The van der Waals surface area contributed by atoms with Crippen molar-refractivity contribution in [3.05, 3.63) is 168 Å². The van der Waals surface area contributed by atoms with E-state index >= 15 is 0 Å². The van der Waals surface area contributed by atoms with Gasteiger partial charge >= 0.3 is 0 Å². The van der Waals surface area contributed by atoms with Crippen molar-refractivity contribution in [1.29, 1.82) is 0 Å². The minimum Gasteiger partial charge on any atom is -0.485 e. The van der Waals surface area contributed by atoms with Gasteiger partial charge in [-0.15, -0.1) is 0 Å². The van der Waals surface area contributed by atoms with Gasteiger partial charge in [0, 0.05) is 113 Å². The van der Waals surface area contributed by atoms with Gasteiger partial charge in [-0.05, 0) is 135 Å². The van der Waals surface area contributed by atoms with E-state index in [-0.39, 0.29) is 27.8 Å². The number of fused-ring (bicyclic) bond motifs is 2. The summed E-state index contributed by atoms with van der Waals surface area (Å²) in [5.41, 5.74) is 11.3. The predicted molar refractivity (Wildman–Crippen MR) is 282 cm³/mol. The van der Waals surface area contributed by atoms with Crippen molar-refractivity contribution in [2.45, 2.75) is 105 Å². The van der Waals surface area contributed by atoms with Gasteiger partial charge in [0.05, 0.1) is 28.8 Å². The van der Waals surface area contributed by atoms with Crippen molar-refractivity contribution in [2.75, 3.05) is 45.6 Å². The Morgan fingerprint density at radius 2 is 1.22 bits per heavy atom. The smallest absolute Gasteiger partial charge is 0.275 e. The van der Waals surface area contributed by atoms with Crippen LogP contribution in [0.15, 0.2) is 92.0 Å². The molecule has 10 rings (SSSR count). The van der Waals surface area contributed by atoms with Gasteiger partial charge in [0.25, 0.3) is 21.5 Å². The molecule has 2 unspecified atom stereocenters. The Labute approximate surface area is 427 Å². The molecule has 0 saturated carbocycles. The van der Waals surface area contributed by atoms with Crippen molar-refractivity contribution >= 4 is 27.1 Å². The molecule has 73 heavy (non-hydrogen) atoms. The summed E-state index contributed by atoms with van der Waals surface area (Å²) in [6.45, 7) is 19.4. The van der Waals surface area contributed by atoms with Crippen LogP contribution in [0.1, 0.15) is 94.7 Å². The minimum atomic E-state index is -3.58. The largest absolute Gasteiger partial charge is 0.485 e. The monoisotopic (exact) mass is 1010 g/mol. The van der Waals surface area contributed by atoms with Crippen LogP contribution in [0.2, 0.25) is 0 Å². The van der Waals surface area contributed by atoms with E-state index in [0.717, 1.165) is 85.0 Å². The molecule has 6 aromatic rings. The van der Waals surface area contributed by atoms with Crippen LogP contribution in [-0.4, -0.2) is 99.1 Å². The number of hydrogen-bond donors (Lipinski definition) is 1. The lowest BCUT2D eigenvalue weighted by atomic mass is 9.90. The Morgan fingerprint density at radius 1 is 0.726 bits per heavy atom. The van der Waals surface area contributed by atoms with Gasteiger partial charge in [-0.3, -0.25) is 29.3 Å². The third-order valence-electron chi connectivity index (χ3n) is 14.8. The second-order valence-electron chi connectivity index (χ2n) is 20.3. The van der Waals surface area contributed by atoms with E-state index in [4.69, 9.17) is 13.7 Å². The molecule has 0 spiro atoms. The van der Waals surface area contributed by atoms with Gasteiger partial charge in [0.1, 0.15) is 29.3 Å². The molecule has 4 aromatic carbocycles. The number of benzene rings is 4. The molecule has 1 N–H and O–H groups in total. The molecular formula is C55H66N8O9S. The average molecular weight is 1020 g/mol. The highest BCUT2D eigenvalue weighted by Crippen LogP contribution is 2.47. The number of imidazole rings is 2. The summed E-state index contributed by atoms with van der Waals surface area (Å²) in [5.74, 6) is 2.17. The number of nitro benzene ring substituents is 2. The standard InChI is InChI=1S/C27H30N4O3.C14H17N3.C14H19NO6S/c1-18-19(2)26-24(20(3)25(18)31(32)33)15-27(4,34-26)16-29-12-9-22(10-13-29)21-5-7-23(8-6-21)30-14-11-28-17-30;1-3-14(17-10-9-16-11-17)4-2-12(1)13-5-7-15-8-6-13;1-8-9(2)13-11(10(3)12(8)15(16)17)6-14(4,21-13)7-20-22(5,18)19/h5-9,11,14,17H,10,12-13,15-16H2,1-4H3;1-4,9-11,13,15H,5-8H2;6-7H2,1-5H3. The number of hydrogen-bond acceptors (Lipinski definition) is 13. The third-order valence-corrected chi connectivity index (χ3v) is 15.4. The first-order valence-electron chi connectivity index (χ1n) is 24.7. The van der Waals surface area contributed by atoms with Crippen LogP contribution in [0, 0.1) is 61.8 Å². The Hall–Kier alpha value is -6.73. The van der Waals surface area contributed by atoms with Gasteiger partial charge in [-0.1, -0.05) is 30.3 Å². The maximum Gasteiger partial charge on any atom is 0.275 e. The van der Waals surface area contributed by atoms with Crippen molar-refractivity contribution < 1.29 is 31.9 Å². The van der Waals surface area contributed by atoms with Crippen molar-refractivity contribution in [2.24, 2.45) is 0 Å². The molecule has 0 radical (unpaired) electrons. The number of ether oxygens (including phenoxy) is 2. The number of piperidine rings is 1. The van der Waals surface area contributed by atoms with Crippen LogP contribution in [0.25, 0.3) is 16.9 Å². The van der Waals surface area contributed by atoms with E-state index in [1.807, 2.05) is 48.6 Å². The highest BCUT2D eigenvalue weighted by molar-refractivity contribution is 7.86. The fraction of sp³-hybridized carbons (Fsp3) is 0.418. The van der Waals surface area contributed by atoms with Gasteiger partial charge < -0.3 is 23.9 Å². The highest BCUT2D eigenvalue weighted by atomic mass is 32.2. The maximum atomic E-state index is 11.6. The van der Waals surface area contributed by atoms with Gasteiger partial charge in [-0.2, -0.15) is 8.42 Å². The second kappa shape index (κ2) is 21.4. The lowest BCUT2D eigenvalue weighted by molar-refractivity contribution is -0.386. The Morgan fingerprint density at radius 3 is 1.67 bits per heavy atom. The summed E-state index contributed by atoms with van der Waals surface area (Å²) in [6, 6.07) is 17.5. The fourth-order valence-electron chi connectivity index (χ4n) is 10.6. The van der Waals surface area contributed by atoms with Crippen molar-refractivity contribution in [3.63, 3.8) is 0 Å². The normalized spacial score (nSPS) is 19.5. The average Bonchev–Trinajstić information content (AvgIpc) is 4.21. The number of nitrogens with one attached hydrogen (secondary N) is 1. The van der Waals surface area contributed by atoms with E-state index in [1.54, 1.807) is 46.4 Å². The molecule has 0 bridgehead atoms. The minimum absolute atomic E-state index is 0.0909. The summed E-state index contributed by atoms with van der Waals surface area (Å²) >= 11 is 0. The molecule has 6 heterocycles. The number of nitrogens with zero attached hydrogens (tertiary/aromatic N) is 7. The molecule has 1 saturated heterocycles. The predicted octanol–water partition coefficient (Wildman–Crippen LogP) is 9.72. The highest BCUT2D eigenvalue weighted by Gasteiger charge is 2.42. The number of aromatic nitrogens is 4. The van der Waals surface area contributed by atoms with Crippen molar-refractivity contribution in [1.82, 2.24) is 29.3 Å². The Balaban J connectivity index is 0.000000157. The SMILES string of the molecule is Cc1c(C)c([N+](=O)[O-])c(C)c2c1OC(C)(CN1CC=C(c3ccc(-n4ccnc4)cc3)CC1)C2.Cc1c(C)c([N+](=O)[O-])c(C)c2c1OC(C)(COS(C)(=O)=O)C2.c1cn(-c2ccc(C3CCNCC3)cc2)cn1. The first kappa shape index (κ1) is 52.6. The lowest BCUT2D eigenvalue weighted by Gasteiger charge is -2.34. The Kier molecular flexibility index (Phi) is 15.4. The molecule has 2 aromatic heterocycles. The van der Waals surface area contributed by atoms with Crippen LogP contribution in [-0.2, 0) is 27.1 Å². The van der Waals surface area contributed by atoms with E-state index in [0.29, 0.717) is 40.8 Å². The summed E-state index contributed by atoms with van der Waals surface area (Å²) in [6.07, 6.45) is 19.0. The van der Waals surface area contributed by atoms with Crippen LogP contribution in [0.5, 0.6) is 11.5 Å². The summed E-state index contributed by atoms with van der Waals surface area (Å²) < 4.78 is 43.6. The molecule has 0 aliphatic carbocycles. The third kappa shape index (κ3) is 11.7. The number of nitro groups is 2. The van der Waals surface area contributed by atoms with Crippen LogP contribution < -0.4 is 14.8 Å². The molecule has 4 aliphatic rings. The van der Waals surface area contributed by atoms with E-state index in [1.165, 1.54) is 35.2 Å². The molecule has 18 heteroatoms. The van der Waals surface area contributed by atoms with Crippen molar-refractivity contribution in [3.8, 4) is 22.9 Å². The summed E-state index contributed by atoms with van der Waals surface area (Å²) in [5, 5.41) is 26.3. The first-order chi connectivity index (χ1) is 34.6. The zero-order valence-corrected chi connectivity index (χ0v) is 44.0. The van der Waals surface area contributed by atoms with E-state index < -0.39 is 21.3 Å². The van der Waals surface area contributed by atoms with Crippen LogP contribution in [0.3, 0.4) is 0 Å². The summed E-state index contributed by atoms with van der Waals surface area (Å²) in [4.78, 5) is 32.9. The Bertz CT molecular complexity index is 3130. The zero-order valence-electron chi connectivity index (χ0n) is 43.2. The first-order valence-corrected chi connectivity index (χ1v) is 26.5. The van der Waals surface area contributed by atoms with E-state index in [9.17, 15) is 28.6 Å². The summed E-state index contributed by atoms with van der Waals surface area (Å²) in [7, 11) is -3.58. The molecular weight excluding hydrogens is 949 g/mol. The molecule has 0 amide bonds. The fourth-order valence-corrected chi connectivity index (χ4v) is 11.1. The van der Waals surface area contributed by atoms with Crippen LogP contribution in [0.4, 0.5) is 11.4 Å².